The Morgan fingerprint density at radius 3 is 2.29 bits per heavy atom. The van der Waals surface area contributed by atoms with Crippen LogP contribution >= 0.6 is 0 Å². The maximum Gasteiger partial charge on any atom is 0.305 e. The van der Waals surface area contributed by atoms with Gasteiger partial charge in [-0.15, -0.1) is 0 Å². The number of aryl methyl sites for hydroxylation is 2. The van der Waals surface area contributed by atoms with Crippen LogP contribution in [-0.2, 0) is 22.4 Å². The van der Waals surface area contributed by atoms with Crippen molar-refractivity contribution in [2.24, 2.45) is 0 Å². The molecule has 0 unspecified atom stereocenters. The van der Waals surface area contributed by atoms with Crippen LogP contribution in [-0.4, -0.2) is 24.7 Å². The molecule has 0 aliphatic carbocycles. The number of nitrogens with zero attached hydrogens (tertiary/aromatic N) is 1. The van der Waals surface area contributed by atoms with Gasteiger partial charge in [-0.05, 0) is 54.7 Å². The number of ether oxygens (including phenoxy) is 2. The zero-order valence-electron chi connectivity index (χ0n) is 22.1. The van der Waals surface area contributed by atoms with E-state index in [1.54, 1.807) is 0 Å². The number of methoxy groups -OCH3 is 1. The van der Waals surface area contributed by atoms with Gasteiger partial charge >= 0.3 is 5.97 Å². The van der Waals surface area contributed by atoms with Crippen LogP contribution in [0.25, 0.3) is 11.5 Å². The molecule has 0 spiro atoms. The third kappa shape index (κ3) is 8.69. The molecule has 0 N–H and O–H groups in total. The highest BCUT2D eigenvalue weighted by molar-refractivity contribution is 5.69. The molecule has 0 fully saturated rings. The van der Waals surface area contributed by atoms with Crippen LogP contribution in [0, 0.1) is 6.92 Å². The van der Waals surface area contributed by atoms with Crippen molar-refractivity contribution in [3.8, 4) is 17.2 Å². The van der Waals surface area contributed by atoms with Crippen LogP contribution in [0.4, 0.5) is 0 Å². The molecule has 186 valence electrons. The minimum atomic E-state index is -0.192. The summed E-state index contributed by atoms with van der Waals surface area (Å²) in [6.07, 6.45) is 1.72. The first-order valence-corrected chi connectivity index (χ1v) is 12.3. The van der Waals surface area contributed by atoms with E-state index >= 15 is 0 Å². The fraction of sp³-hybridized carbons (Fsp3) is 0.448. The largest absolute Gasteiger partial charge is 0.493 e. The van der Waals surface area contributed by atoms with Crippen molar-refractivity contribution in [2.75, 3.05) is 13.7 Å². The monoisotopic (exact) mass is 467 g/mol. The Balaban J connectivity index is 0.00000137. The molecule has 1 heterocycles. The van der Waals surface area contributed by atoms with Gasteiger partial charge in [0.2, 0.25) is 5.89 Å². The van der Waals surface area contributed by atoms with E-state index < -0.39 is 0 Å². The number of esters is 1. The van der Waals surface area contributed by atoms with Gasteiger partial charge in [-0.25, -0.2) is 4.98 Å². The lowest BCUT2D eigenvalue weighted by Crippen LogP contribution is -2.06. The van der Waals surface area contributed by atoms with E-state index in [0.717, 1.165) is 28.3 Å². The summed E-state index contributed by atoms with van der Waals surface area (Å²) in [5, 5.41) is 0. The second-order valence-corrected chi connectivity index (χ2v) is 7.58. The van der Waals surface area contributed by atoms with Crippen LogP contribution in [0.15, 0.2) is 52.9 Å². The summed E-state index contributed by atoms with van der Waals surface area (Å²) < 4.78 is 16.6. The normalized spacial score (nSPS) is 10.0. The van der Waals surface area contributed by atoms with Gasteiger partial charge < -0.3 is 13.9 Å². The van der Waals surface area contributed by atoms with E-state index in [9.17, 15) is 4.79 Å². The molecule has 0 saturated heterocycles. The lowest BCUT2D eigenvalue weighted by molar-refractivity contribution is -0.140. The minimum Gasteiger partial charge on any atom is -0.493 e. The molecule has 0 atom stereocenters. The van der Waals surface area contributed by atoms with E-state index in [4.69, 9.17) is 13.9 Å². The lowest BCUT2D eigenvalue weighted by Gasteiger charge is -2.15. The first-order valence-electron chi connectivity index (χ1n) is 12.3. The summed E-state index contributed by atoms with van der Waals surface area (Å²) in [6.45, 7) is 14.7. The number of rotatable bonds is 9. The van der Waals surface area contributed by atoms with Crippen molar-refractivity contribution >= 4 is 5.97 Å². The summed E-state index contributed by atoms with van der Waals surface area (Å²) in [4.78, 5) is 16.1. The molecule has 34 heavy (non-hydrogen) atoms. The quantitative estimate of drug-likeness (QED) is 0.304. The zero-order chi connectivity index (χ0) is 25.5. The number of hydrogen-bond donors (Lipinski definition) is 0. The second-order valence-electron chi connectivity index (χ2n) is 7.58. The van der Waals surface area contributed by atoms with Crippen LogP contribution in [0.5, 0.6) is 5.75 Å². The first kappa shape index (κ1) is 29.0. The molecule has 2 aromatic carbocycles. The van der Waals surface area contributed by atoms with E-state index in [2.05, 4.69) is 24.9 Å². The molecule has 0 aliphatic heterocycles. The molecule has 5 nitrogen and oxygen atoms in total. The average Bonchev–Trinajstić information content (AvgIpc) is 3.26. The zero-order valence-corrected chi connectivity index (χ0v) is 22.1. The molecular weight excluding hydrogens is 426 g/mol. The highest BCUT2D eigenvalue weighted by Crippen LogP contribution is 2.27. The molecule has 0 aliphatic rings. The van der Waals surface area contributed by atoms with Gasteiger partial charge in [0.05, 0.1) is 19.4 Å². The topological polar surface area (TPSA) is 61.6 Å². The van der Waals surface area contributed by atoms with Crippen molar-refractivity contribution < 1.29 is 18.7 Å². The maximum absolute atomic E-state index is 11.5. The maximum atomic E-state index is 11.5. The van der Waals surface area contributed by atoms with Gasteiger partial charge in [-0.1, -0.05) is 65.8 Å². The second kappa shape index (κ2) is 15.7. The number of benzene rings is 2. The summed E-state index contributed by atoms with van der Waals surface area (Å²) in [7, 11) is 1.42. The Morgan fingerprint density at radius 2 is 1.68 bits per heavy atom. The Bertz CT molecular complexity index is 977. The Kier molecular flexibility index (Phi) is 13.4. The molecule has 3 rings (SSSR count). The van der Waals surface area contributed by atoms with Crippen molar-refractivity contribution in [3.05, 3.63) is 71.1 Å². The Hall–Kier alpha value is -3.08. The number of carbonyl (C=O) groups excluding carboxylic acids is 1. The third-order valence-electron chi connectivity index (χ3n) is 5.09. The Morgan fingerprint density at radius 1 is 1.00 bits per heavy atom. The number of aromatic nitrogens is 1. The van der Waals surface area contributed by atoms with Gasteiger partial charge in [-0.3, -0.25) is 4.79 Å². The van der Waals surface area contributed by atoms with Gasteiger partial charge in [0.25, 0.3) is 0 Å². The highest BCUT2D eigenvalue weighted by atomic mass is 16.5. The van der Waals surface area contributed by atoms with Crippen LogP contribution < -0.4 is 4.74 Å². The number of carbonyl (C=O) groups is 1. The van der Waals surface area contributed by atoms with Gasteiger partial charge in [0, 0.05) is 18.4 Å². The molecule has 0 radical (unpaired) electrons. The molecule has 3 aromatic rings. The van der Waals surface area contributed by atoms with Crippen molar-refractivity contribution in [1.29, 1.82) is 0 Å². The Labute approximate surface area is 205 Å². The van der Waals surface area contributed by atoms with Gasteiger partial charge in [-0.2, -0.15) is 0 Å². The van der Waals surface area contributed by atoms with E-state index in [0.29, 0.717) is 37.7 Å². The van der Waals surface area contributed by atoms with Gasteiger partial charge in [0.15, 0.2) is 0 Å². The fourth-order valence-corrected chi connectivity index (χ4v) is 3.40. The van der Waals surface area contributed by atoms with E-state index in [1.165, 1.54) is 12.7 Å². The van der Waals surface area contributed by atoms with Crippen molar-refractivity contribution in [1.82, 2.24) is 4.98 Å². The number of oxazole rings is 1. The third-order valence-corrected chi connectivity index (χ3v) is 5.09. The van der Waals surface area contributed by atoms with Crippen molar-refractivity contribution in [3.63, 3.8) is 0 Å². The summed E-state index contributed by atoms with van der Waals surface area (Å²) in [5.74, 6) is 2.43. The van der Waals surface area contributed by atoms with Crippen LogP contribution in [0.2, 0.25) is 0 Å². The number of hydrogen-bond acceptors (Lipinski definition) is 5. The first-order chi connectivity index (χ1) is 16.5. The van der Waals surface area contributed by atoms with Crippen molar-refractivity contribution in [2.45, 2.75) is 73.6 Å². The summed E-state index contributed by atoms with van der Waals surface area (Å²) in [5.41, 5.74) is 4.23. The molecule has 0 bridgehead atoms. The standard InChI is InChI=1S/C25H29NO4.2C2H6/c1-17(2)22-16-21(12-10-19(22)11-13-24(27)28-4)29-15-14-23-18(3)30-25(26-23)20-8-6-5-7-9-20;2*1-2/h5-10,12,16-17H,11,13-15H2,1-4H3;2*1-2H3. The smallest absolute Gasteiger partial charge is 0.305 e. The predicted octanol–water partition coefficient (Wildman–Crippen LogP) is 7.55. The SMILES string of the molecule is CC.CC.COC(=O)CCc1ccc(OCCc2nc(-c3ccccc3)oc2C)cc1C(C)C. The molecule has 1 aromatic heterocycles. The molecular formula is C29H41NO4. The summed E-state index contributed by atoms with van der Waals surface area (Å²) >= 11 is 0. The van der Waals surface area contributed by atoms with Crippen LogP contribution in [0.1, 0.15) is 76.5 Å². The van der Waals surface area contributed by atoms with Gasteiger partial charge in [0.1, 0.15) is 11.5 Å². The molecule has 0 amide bonds. The van der Waals surface area contributed by atoms with E-state index in [1.807, 2.05) is 77.1 Å². The highest BCUT2D eigenvalue weighted by Gasteiger charge is 2.13. The molecule has 5 heteroatoms. The predicted molar refractivity (Wildman–Crippen MR) is 139 cm³/mol. The molecule has 0 saturated carbocycles. The fourth-order valence-electron chi connectivity index (χ4n) is 3.40. The minimum absolute atomic E-state index is 0.192. The lowest BCUT2D eigenvalue weighted by atomic mass is 9.94. The van der Waals surface area contributed by atoms with Crippen LogP contribution in [0.3, 0.4) is 0 Å². The average molecular weight is 468 g/mol. The van der Waals surface area contributed by atoms with E-state index in [-0.39, 0.29) is 5.97 Å². The summed E-state index contributed by atoms with van der Waals surface area (Å²) in [6, 6.07) is 16.0.